The van der Waals surface area contributed by atoms with E-state index in [1.165, 1.54) is 34.1 Å². The van der Waals surface area contributed by atoms with E-state index in [0.717, 1.165) is 0 Å². The first-order valence-corrected chi connectivity index (χ1v) is 11.0. The summed E-state index contributed by atoms with van der Waals surface area (Å²) in [5, 5.41) is 23.6. The van der Waals surface area contributed by atoms with Crippen LogP contribution in [0.15, 0.2) is 84.9 Å². The van der Waals surface area contributed by atoms with E-state index in [9.17, 15) is 24.3 Å². The minimum absolute atomic E-state index is 0.0904. The maximum absolute atomic E-state index is 13.0. The van der Waals surface area contributed by atoms with E-state index in [2.05, 4.69) is 10.6 Å². The highest BCUT2D eigenvalue weighted by molar-refractivity contribution is 6.05. The van der Waals surface area contributed by atoms with Gasteiger partial charge in [-0.15, -0.1) is 0 Å². The summed E-state index contributed by atoms with van der Waals surface area (Å²) in [6, 6.07) is 22.6. The van der Waals surface area contributed by atoms with Crippen molar-refractivity contribution in [1.82, 2.24) is 5.32 Å². The van der Waals surface area contributed by atoms with E-state index in [-0.39, 0.29) is 23.7 Å². The Hall–Kier alpha value is -4.70. The Morgan fingerprint density at radius 2 is 1.44 bits per heavy atom. The van der Waals surface area contributed by atoms with Crippen LogP contribution in [0.5, 0.6) is 0 Å². The van der Waals surface area contributed by atoms with Gasteiger partial charge in [0.1, 0.15) is 6.54 Å². The lowest BCUT2D eigenvalue weighted by atomic mass is 10.1. The van der Waals surface area contributed by atoms with Crippen LogP contribution >= 0.6 is 0 Å². The van der Waals surface area contributed by atoms with Crippen molar-refractivity contribution in [3.05, 3.63) is 90.5 Å². The van der Waals surface area contributed by atoms with Crippen LogP contribution in [0.2, 0.25) is 0 Å². The highest BCUT2D eigenvalue weighted by Gasteiger charge is 2.22. The van der Waals surface area contributed by atoms with Gasteiger partial charge in [0.15, 0.2) is 6.10 Å². The highest BCUT2D eigenvalue weighted by Crippen LogP contribution is 2.18. The Labute approximate surface area is 207 Å². The van der Waals surface area contributed by atoms with Gasteiger partial charge < -0.3 is 30.6 Å². The van der Waals surface area contributed by atoms with Crippen LogP contribution in [0.1, 0.15) is 11.7 Å². The molecule has 1 atom stereocenters. The van der Waals surface area contributed by atoms with Crippen LogP contribution in [-0.4, -0.2) is 54.2 Å². The van der Waals surface area contributed by atoms with E-state index >= 15 is 0 Å². The summed E-state index contributed by atoms with van der Waals surface area (Å²) in [7, 11) is 1.62. The molecule has 0 aliphatic carbocycles. The third-order valence-electron chi connectivity index (χ3n) is 5.27. The predicted octanol–water partition coefficient (Wildman–Crippen LogP) is 2.62. The Balaban J connectivity index is 1.65. The molecule has 1 unspecified atom stereocenters. The van der Waals surface area contributed by atoms with Crippen molar-refractivity contribution < 1.29 is 29.4 Å². The molecule has 186 valence electrons. The van der Waals surface area contributed by atoms with E-state index in [4.69, 9.17) is 5.11 Å². The lowest BCUT2D eigenvalue weighted by Gasteiger charge is -2.25. The van der Waals surface area contributed by atoms with Gasteiger partial charge in [-0.05, 0) is 42.0 Å². The molecule has 0 saturated heterocycles. The Morgan fingerprint density at radius 1 is 0.833 bits per heavy atom. The fraction of sp³-hybridized carbons (Fsp3) is 0.154. The van der Waals surface area contributed by atoms with Gasteiger partial charge in [-0.2, -0.15) is 0 Å². The van der Waals surface area contributed by atoms with Crippen molar-refractivity contribution in [2.45, 2.75) is 6.10 Å². The third-order valence-corrected chi connectivity index (χ3v) is 5.27. The fourth-order valence-electron chi connectivity index (χ4n) is 3.32. The van der Waals surface area contributed by atoms with Gasteiger partial charge >= 0.3 is 12.0 Å². The molecule has 0 heterocycles. The number of carboxylic acids is 1. The zero-order valence-corrected chi connectivity index (χ0v) is 19.5. The first kappa shape index (κ1) is 25.9. The molecule has 0 aliphatic heterocycles. The fourth-order valence-corrected chi connectivity index (χ4v) is 3.32. The van der Waals surface area contributed by atoms with Gasteiger partial charge in [-0.3, -0.25) is 9.59 Å². The molecule has 4 amide bonds. The van der Waals surface area contributed by atoms with Gasteiger partial charge in [0.05, 0.1) is 6.54 Å². The maximum Gasteiger partial charge on any atom is 0.337 e. The summed E-state index contributed by atoms with van der Waals surface area (Å²) in [6.07, 6.45) is -1.73. The summed E-state index contributed by atoms with van der Waals surface area (Å²) >= 11 is 0. The van der Waals surface area contributed by atoms with E-state index in [1.807, 2.05) is 6.07 Å². The number of aliphatic carboxylic acids is 1. The summed E-state index contributed by atoms with van der Waals surface area (Å²) in [4.78, 5) is 52.0. The van der Waals surface area contributed by atoms with Gasteiger partial charge in [0.25, 0.3) is 0 Å². The number of aliphatic hydroxyl groups is 1. The minimum Gasteiger partial charge on any atom is -0.479 e. The molecule has 0 aliphatic rings. The van der Waals surface area contributed by atoms with Gasteiger partial charge in [-0.1, -0.05) is 48.5 Å². The number of carbonyl (C=O) groups excluding carboxylic acids is 3. The molecule has 3 rings (SSSR count). The second-order valence-corrected chi connectivity index (χ2v) is 7.78. The van der Waals surface area contributed by atoms with Crippen LogP contribution in [0.25, 0.3) is 0 Å². The average Bonchev–Trinajstić information content (AvgIpc) is 2.90. The summed E-state index contributed by atoms with van der Waals surface area (Å²) in [5.41, 5.74) is 1.50. The van der Waals surface area contributed by atoms with Crippen molar-refractivity contribution in [3.63, 3.8) is 0 Å². The van der Waals surface area contributed by atoms with Crippen molar-refractivity contribution in [2.75, 3.05) is 35.3 Å². The largest absolute Gasteiger partial charge is 0.479 e. The number of hydrogen-bond acceptors (Lipinski definition) is 5. The Bertz CT molecular complexity index is 1220. The normalized spacial score (nSPS) is 11.2. The highest BCUT2D eigenvalue weighted by atomic mass is 16.4. The smallest absolute Gasteiger partial charge is 0.337 e. The summed E-state index contributed by atoms with van der Waals surface area (Å²) in [5.74, 6) is -2.26. The number of para-hydroxylation sites is 2. The van der Waals surface area contributed by atoms with Crippen molar-refractivity contribution >= 4 is 40.9 Å². The molecular weight excluding hydrogens is 464 g/mol. The zero-order chi connectivity index (χ0) is 26.1. The molecule has 10 heteroatoms. The van der Waals surface area contributed by atoms with Crippen LogP contribution in [-0.2, 0) is 14.4 Å². The van der Waals surface area contributed by atoms with Gasteiger partial charge in [0, 0.05) is 24.1 Å². The molecule has 0 bridgehead atoms. The number of nitrogens with zero attached hydrogens (tertiary/aromatic N) is 2. The second-order valence-electron chi connectivity index (χ2n) is 7.78. The van der Waals surface area contributed by atoms with E-state index in [1.54, 1.807) is 61.6 Å². The lowest BCUT2D eigenvalue weighted by Crippen LogP contribution is -2.46. The van der Waals surface area contributed by atoms with Crippen LogP contribution in [0.3, 0.4) is 0 Å². The summed E-state index contributed by atoms with van der Waals surface area (Å²) < 4.78 is 0. The first-order chi connectivity index (χ1) is 17.3. The predicted molar refractivity (Wildman–Crippen MR) is 135 cm³/mol. The molecule has 3 aromatic carbocycles. The monoisotopic (exact) mass is 490 g/mol. The number of hydrogen-bond donors (Lipinski definition) is 4. The molecule has 0 saturated carbocycles. The number of aliphatic hydroxyl groups excluding tert-OH is 1. The number of anilines is 3. The molecule has 0 radical (unpaired) electrons. The molecule has 3 aromatic rings. The zero-order valence-electron chi connectivity index (χ0n) is 19.5. The van der Waals surface area contributed by atoms with Crippen LogP contribution < -0.4 is 20.4 Å². The number of carboxylic acid groups (broad SMARTS) is 1. The van der Waals surface area contributed by atoms with Crippen LogP contribution in [0.4, 0.5) is 21.9 Å². The van der Waals surface area contributed by atoms with Gasteiger partial charge in [0.2, 0.25) is 11.8 Å². The number of nitrogens with one attached hydrogen (secondary N) is 2. The van der Waals surface area contributed by atoms with Crippen molar-refractivity contribution in [2.24, 2.45) is 0 Å². The average molecular weight is 491 g/mol. The number of amides is 4. The Morgan fingerprint density at radius 3 is 2.06 bits per heavy atom. The van der Waals surface area contributed by atoms with Crippen molar-refractivity contribution in [3.8, 4) is 0 Å². The number of rotatable bonds is 9. The number of urea groups is 1. The lowest BCUT2D eigenvalue weighted by molar-refractivity contribution is -0.147. The number of carbonyl (C=O) groups is 4. The quantitative estimate of drug-likeness (QED) is 0.364. The van der Waals surface area contributed by atoms with Crippen molar-refractivity contribution in [1.29, 1.82) is 0 Å². The molecule has 0 fully saturated rings. The molecule has 0 spiro atoms. The second kappa shape index (κ2) is 12.1. The van der Waals surface area contributed by atoms with E-state index in [0.29, 0.717) is 11.4 Å². The molecular formula is C26H26N4O6. The van der Waals surface area contributed by atoms with Gasteiger partial charge in [-0.25, -0.2) is 9.59 Å². The standard InChI is InChI=1S/C26H26N4O6/c1-29(20-11-4-2-5-12-20)23(32)17-30(21-13-6-3-7-14-21)22(31)16-27-26(36)28-19-10-8-9-18(15-19)24(33)25(34)35/h2-15,24,33H,16-17H2,1H3,(H,34,35)(H2,27,28,36). The number of benzene rings is 3. The number of likely N-dealkylation sites (N-methyl/N-ethyl adjacent to an activating group) is 1. The molecule has 0 aromatic heterocycles. The topological polar surface area (TPSA) is 139 Å². The Kier molecular flexibility index (Phi) is 8.73. The SMILES string of the molecule is CN(C(=O)CN(C(=O)CNC(=O)Nc1cccc(C(O)C(=O)O)c1)c1ccccc1)c1ccccc1. The first-order valence-electron chi connectivity index (χ1n) is 11.0. The molecule has 36 heavy (non-hydrogen) atoms. The summed E-state index contributed by atoms with van der Waals surface area (Å²) in [6.45, 7) is -0.646. The van der Waals surface area contributed by atoms with Crippen LogP contribution in [0, 0.1) is 0 Å². The van der Waals surface area contributed by atoms with E-state index < -0.39 is 30.6 Å². The maximum atomic E-state index is 13.0. The third kappa shape index (κ3) is 6.90. The minimum atomic E-state index is -1.73. The molecule has 4 N–H and O–H groups in total. The molecule has 10 nitrogen and oxygen atoms in total.